The normalized spacial score (nSPS) is 13.5. The fraction of sp³-hybridized carbons (Fsp3) is 0.375. The van der Waals surface area contributed by atoms with Gasteiger partial charge in [-0.15, -0.1) is 11.3 Å². The third-order valence-corrected chi connectivity index (χ3v) is 4.62. The Morgan fingerprint density at radius 2 is 1.84 bits per heavy atom. The number of nitrogens with one attached hydrogen (secondary N) is 1. The molecule has 102 valence electrons. The van der Waals surface area contributed by atoms with E-state index < -0.39 is 0 Å². The van der Waals surface area contributed by atoms with Crippen LogP contribution >= 0.6 is 11.3 Å². The monoisotopic (exact) mass is 275 g/mol. The van der Waals surface area contributed by atoms with Crippen LogP contribution in [-0.4, -0.2) is 16.7 Å². The molecule has 0 aliphatic carbocycles. The molecular weight excluding hydrogens is 254 g/mol. The summed E-state index contributed by atoms with van der Waals surface area (Å²) >= 11 is 1.79. The molecular formula is C16H21NOS. The summed E-state index contributed by atoms with van der Waals surface area (Å²) in [6.45, 7) is 6.64. The molecule has 0 fully saturated rings. The van der Waals surface area contributed by atoms with Crippen LogP contribution < -0.4 is 5.32 Å². The quantitative estimate of drug-likeness (QED) is 0.872. The minimum atomic E-state index is -0.374. The van der Waals surface area contributed by atoms with Gasteiger partial charge in [0.15, 0.2) is 0 Å². The van der Waals surface area contributed by atoms with Crippen LogP contribution in [0.15, 0.2) is 42.5 Å². The second-order valence-corrected chi connectivity index (χ2v) is 6.55. The maximum absolute atomic E-state index is 9.68. The molecule has 0 spiro atoms. The van der Waals surface area contributed by atoms with E-state index in [9.17, 15) is 5.11 Å². The minimum absolute atomic E-state index is 0.267. The molecule has 0 saturated carbocycles. The Hall–Kier alpha value is -1.16. The first-order valence-electron chi connectivity index (χ1n) is 6.56. The third-order valence-electron chi connectivity index (χ3n) is 3.48. The van der Waals surface area contributed by atoms with Gasteiger partial charge in [0.25, 0.3) is 0 Å². The van der Waals surface area contributed by atoms with Gasteiger partial charge in [0.2, 0.25) is 0 Å². The van der Waals surface area contributed by atoms with Gasteiger partial charge in [-0.1, -0.05) is 30.3 Å². The van der Waals surface area contributed by atoms with Crippen molar-refractivity contribution in [2.24, 2.45) is 0 Å². The van der Waals surface area contributed by atoms with Gasteiger partial charge in [0, 0.05) is 21.8 Å². The van der Waals surface area contributed by atoms with Gasteiger partial charge in [-0.3, -0.25) is 0 Å². The molecule has 1 atom stereocenters. The number of aliphatic hydroxyl groups is 1. The van der Waals surface area contributed by atoms with Crippen molar-refractivity contribution in [3.8, 4) is 10.4 Å². The van der Waals surface area contributed by atoms with Crippen LogP contribution in [0.4, 0.5) is 0 Å². The van der Waals surface area contributed by atoms with Crippen molar-refractivity contribution < 1.29 is 5.11 Å². The zero-order chi connectivity index (χ0) is 13.9. The first kappa shape index (κ1) is 14.3. The van der Waals surface area contributed by atoms with Crippen LogP contribution in [0, 0.1) is 0 Å². The van der Waals surface area contributed by atoms with E-state index in [4.69, 9.17) is 0 Å². The topological polar surface area (TPSA) is 32.3 Å². The summed E-state index contributed by atoms with van der Waals surface area (Å²) in [5, 5.41) is 13.1. The van der Waals surface area contributed by atoms with Gasteiger partial charge < -0.3 is 10.4 Å². The predicted octanol–water partition coefficient (Wildman–Crippen LogP) is 3.66. The zero-order valence-electron chi connectivity index (χ0n) is 11.7. The van der Waals surface area contributed by atoms with Crippen LogP contribution in [-0.2, 0) is 6.54 Å². The van der Waals surface area contributed by atoms with E-state index in [-0.39, 0.29) is 11.6 Å². The highest BCUT2D eigenvalue weighted by Gasteiger charge is 2.23. The molecule has 1 heterocycles. The molecule has 2 N–H and O–H groups in total. The highest BCUT2D eigenvalue weighted by Crippen LogP contribution is 2.28. The first-order chi connectivity index (χ1) is 8.99. The second kappa shape index (κ2) is 5.87. The average Bonchev–Trinajstić information content (AvgIpc) is 2.86. The molecule has 0 aliphatic rings. The number of thiophene rings is 1. The van der Waals surface area contributed by atoms with E-state index in [1.165, 1.54) is 15.3 Å². The summed E-state index contributed by atoms with van der Waals surface area (Å²) in [6, 6.07) is 14.7. The molecule has 0 amide bonds. The van der Waals surface area contributed by atoms with Crippen LogP contribution in [0.2, 0.25) is 0 Å². The van der Waals surface area contributed by atoms with Crippen molar-refractivity contribution in [2.75, 3.05) is 0 Å². The Morgan fingerprint density at radius 1 is 1.16 bits per heavy atom. The number of hydrogen-bond acceptors (Lipinski definition) is 3. The smallest absolute Gasteiger partial charge is 0.0688 e. The highest BCUT2D eigenvalue weighted by molar-refractivity contribution is 7.15. The van der Waals surface area contributed by atoms with E-state index >= 15 is 0 Å². The molecule has 2 rings (SSSR count). The molecule has 0 bridgehead atoms. The van der Waals surface area contributed by atoms with Crippen molar-refractivity contribution in [2.45, 2.75) is 39.0 Å². The molecule has 0 aliphatic heterocycles. The fourth-order valence-corrected chi connectivity index (χ4v) is 2.65. The van der Waals surface area contributed by atoms with Crippen molar-refractivity contribution in [1.82, 2.24) is 5.32 Å². The SMILES string of the molecule is CC(O)C(C)(C)NCc1ccc(-c2ccccc2)s1. The average molecular weight is 275 g/mol. The highest BCUT2D eigenvalue weighted by atomic mass is 32.1. The van der Waals surface area contributed by atoms with Gasteiger partial charge in [0.05, 0.1) is 6.10 Å². The van der Waals surface area contributed by atoms with Gasteiger partial charge in [-0.05, 0) is 38.5 Å². The summed E-state index contributed by atoms with van der Waals surface area (Å²) in [7, 11) is 0. The summed E-state index contributed by atoms with van der Waals surface area (Å²) in [4.78, 5) is 2.57. The number of aliphatic hydroxyl groups excluding tert-OH is 1. The largest absolute Gasteiger partial charge is 0.392 e. The lowest BCUT2D eigenvalue weighted by molar-refractivity contribution is 0.0958. The molecule has 0 radical (unpaired) electrons. The number of hydrogen-bond donors (Lipinski definition) is 2. The molecule has 1 aromatic heterocycles. The maximum atomic E-state index is 9.68. The summed E-state index contributed by atoms with van der Waals surface area (Å²) < 4.78 is 0. The summed E-state index contributed by atoms with van der Waals surface area (Å²) in [5.74, 6) is 0. The van der Waals surface area contributed by atoms with Gasteiger partial charge in [-0.25, -0.2) is 0 Å². The Kier molecular flexibility index (Phi) is 4.40. The van der Waals surface area contributed by atoms with E-state index in [0.29, 0.717) is 0 Å². The van der Waals surface area contributed by atoms with Gasteiger partial charge in [-0.2, -0.15) is 0 Å². The molecule has 1 unspecified atom stereocenters. The van der Waals surface area contributed by atoms with Crippen LogP contribution in [0.3, 0.4) is 0 Å². The second-order valence-electron chi connectivity index (χ2n) is 5.38. The van der Waals surface area contributed by atoms with E-state index in [1.807, 2.05) is 26.8 Å². The molecule has 19 heavy (non-hydrogen) atoms. The lowest BCUT2D eigenvalue weighted by atomic mass is 9.99. The van der Waals surface area contributed by atoms with E-state index in [0.717, 1.165) is 6.54 Å². The predicted molar refractivity (Wildman–Crippen MR) is 82.4 cm³/mol. The van der Waals surface area contributed by atoms with E-state index in [1.54, 1.807) is 11.3 Å². The molecule has 3 heteroatoms. The fourth-order valence-electron chi connectivity index (χ4n) is 1.69. The van der Waals surface area contributed by atoms with Crippen LogP contribution in [0.1, 0.15) is 25.6 Å². The molecule has 1 aromatic carbocycles. The number of benzene rings is 1. The Bertz CT molecular complexity index is 517. The van der Waals surface area contributed by atoms with Crippen LogP contribution in [0.25, 0.3) is 10.4 Å². The molecule has 2 aromatic rings. The lowest BCUT2D eigenvalue weighted by Gasteiger charge is -2.29. The van der Waals surface area contributed by atoms with Crippen LogP contribution in [0.5, 0.6) is 0 Å². The van der Waals surface area contributed by atoms with Crippen molar-refractivity contribution >= 4 is 11.3 Å². The first-order valence-corrected chi connectivity index (χ1v) is 7.38. The maximum Gasteiger partial charge on any atom is 0.0688 e. The summed E-state index contributed by atoms with van der Waals surface area (Å²) in [5.41, 5.74) is 0.991. The third kappa shape index (κ3) is 3.66. The van der Waals surface area contributed by atoms with Gasteiger partial charge in [0.1, 0.15) is 0 Å². The Balaban J connectivity index is 2.03. The lowest BCUT2D eigenvalue weighted by Crippen LogP contribution is -2.47. The van der Waals surface area contributed by atoms with Crippen molar-refractivity contribution in [1.29, 1.82) is 0 Å². The minimum Gasteiger partial charge on any atom is -0.392 e. The molecule has 2 nitrogen and oxygen atoms in total. The Labute approximate surface area is 119 Å². The van der Waals surface area contributed by atoms with Crippen molar-refractivity contribution in [3.63, 3.8) is 0 Å². The van der Waals surface area contributed by atoms with Crippen molar-refractivity contribution in [3.05, 3.63) is 47.3 Å². The zero-order valence-corrected chi connectivity index (χ0v) is 12.5. The standard InChI is InChI=1S/C16H21NOS/c1-12(18)16(2,3)17-11-14-9-10-15(19-14)13-7-5-4-6-8-13/h4-10,12,17-18H,11H2,1-3H3. The Morgan fingerprint density at radius 3 is 2.47 bits per heavy atom. The summed E-state index contributed by atoms with van der Waals surface area (Å²) in [6.07, 6.45) is -0.374. The number of rotatable bonds is 5. The van der Waals surface area contributed by atoms with E-state index in [2.05, 4.69) is 41.7 Å². The molecule has 0 saturated heterocycles. The van der Waals surface area contributed by atoms with Gasteiger partial charge >= 0.3 is 0 Å².